The zero-order chi connectivity index (χ0) is 14.5. The van der Waals surface area contributed by atoms with E-state index in [1.54, 1.807) is 25.6 Å². The van der Waals surface area contributed by atoms with Crippen LogP contribution in [0, 0.1) is 0 Å². The van der Waals surface area contributed by atoms with Crippen LogP contribution in [0.3, 0.4) is 0 Å². The van der Waals surface area contributed by atoms with E-state index in [0.717, 1.165) is 5.46 Å². The van der Waals surface area contributed by atoms with Crippen molar-refractivity contribution in [2.75, 3.05) is 13.3 Å². The summed E-state index contributed by atoms with van der Waals surface area (Å²) in [4.78, 5) is 4.27. The van der Waals surface area contributed by atoms with Crippen LogP contribution >= 0.6 is 7.14 Å². The first-order valence-electron chi connectivity index (χ1n) is 6.40. The largest absolute Gasteiger partial charge is 0.496 e. The van der Waals surface area contributed by atoms with Gasteiger partial charge in [0.05, 0.1) is 16.6 Å². The predicted molar refractivity (Wildman–Crippen MR) is 79.0 cm³/mol. The van der Waals surface area contributed by atoms with Crippen LogP contribution in [0.5, 0.6) is 0 Å². The van der Waals surface area contributed by atoms with Gasteiger partial charge in [0.1, 0.15) is 7.14 Å². The quantitative estimate of drug-likeness (QED) is 0.610. The second-order valence-electron chi connectivity index (χ2n) is 6.39. The lowest BCUT2D eigenvalue weighted by atomic mass is 9.80. The van der Waals surface area contributed by atoms with E-state index in [0.29, 0.717) is 5.44 Å². The Kier molecular flexibility index (Phi) is 3.45. The van der Waals surface area contributed by atoms with Gasteiger partial charge < -0.3 is 13.9 Å². The first-order chi connectivity index (χ1) is 8.53. The first-order valence-corrected chi connectivity index (χ1v) is 9.00. The van der Waals surface area contributed by atoms with Crippen LogP contribution in [0.4, 0.5) is 0 Å². The van der Waals surface area contributed by atoms with Gasteiger partial charge in [0.2, 0.25) is 0 Å². The van der Waals surface area contributed by atoms with E-state index in [1.807, 2.05) is 33.8 Å². The van der Waals surface area contributed by atoms with E-state index >= 15 is 0 Å². The van der Waals surface area contributed by atoms with Gasteiger partial charge in [-0.25, -0.2) is 0 Å². The zero-order valence-electron chi connectivity index (χ0n) is 12.4. The third kappa shape index (κ3) is 2.79. The van der Waals surface area contributed by atoms with E-state index in [1.165, 1.54) is 0 Å². The van der Waals surface area contributed by atoms with E-state index < -0.39 is 14.3 Å². The Morgan fingerprint density at radius 2 is 1.63 bits per heavy atom. The monoisotopic (exact) mass is 281 g/mol. The molecule has 1 saturated heterocycles. The van der Waals surface area contributed by atoms with Crippen LogP contribution in [0.2, 0.25) is 0 Å². The number of hydrogen-bond donors (Lipinski definition) is 0. The van der Waals surface area contributed by atoms with E-state index in [2.05, 4.69) is 4.98 Å². The van der Waals surface area contributed by atoms with Crippen LogP contribution < -0.4 is 10.9 Å². The molecule has 0 bridgehead atoms. The molecule has 1 aliphatic heterocycles. The molecule has 19 heavy (non-hydrogen) atoms. The molecule has 0 radical (unpaired) electrons. The fraction of sp³-hybridized carbons (Fsp3) is 0.615. The summed E-state index contributed by atoms with van der Waals surface area (Å²) in [7, 11) is -2.73. The lowest BCUT2D eigenvalue weighted by Crippen LogP contribution is -2.41. The van der Waals surface area contributed by atoms with Crippen molar-refractivity contribution in [3.05, 3.63) is 18.3 Å². The summed E-state index contributed by atoms with van der Waals surface area (Å²) in [5, 5.41) is 0. The molecule has 4 nitrogen and oxygen atoms in total. The second-order valence-corrected chi connectivity index (χ2v) is 9.55. The van der Waals surface area contributed by atoms with E-state index in [-0.39, 0.29) is 11.2 Å². The molecule has 104 valence electrons. The molecular formula is C13H21BNO3P. The van der Waals surface area contributed by atoms with Crippen molar-refractivity contribution >= 4 is 25.2 Å². The molecule has 0 aromatic carbocycles. The number of pyridine rings is 1. The van der Waals surface area contributed by atoms with Crippen molar-refractivity contribution in [1.29, 1.82) is 0 Å². The Balaban J connectivity index is 2.24. The van der Waals surface area contributed by atoms with Crippen LogP contribution in [-0.4, -0.2) is 36.6 Å². The van der Waals surface area contributed by atoms with Crippen molar-refractivity contribution in [3.8, 4) is 0 Å². The molecule has 0 atom stereocenters. The Hall–Kier alpha value is -0.635. The molecular weight excluding hydrogens is 260 g/mol. The van der Waals surface area contributed by atoms with Crippen LogP contribution in [-0.2, 0) is 13.9 Å². The smallest absolute Gasteiger partial charge is 0.399 e. The normalized spacial score (nSPS) is 21.7. The number of nitrogens with zero attached hydrogens (tertiary/aromatic N) is 1. The summed E-state index contributed by atoms with van der Waals surface area (Å²) < 4.78 is 23.8. The lowest BCUT2D eigenvalue weighted by Gasteiger charge is -2.32. The number of aromatic nitrogens is 1. The fourth-order valence-electron chi connectivity index (χ4n) is 1.83. The Bertz CT molecular complexity index is 505. The predicted octanol–water partition coefficient (Wildman–Crippen LogP) is 1.63. The maximum Gasteiger partial charge on any atom is 0.496 e. The van der Waals surface area contributed by atoms with E-state index in [9.17, 15) is 4.57 Å². The van der Waals surface area contributed by atoms with Crippen molar-refractivity contribution < 1.29 is 13.9 Å². The summed E-state index contributed by atoms with van der Waals surface area (Å²) in [6.45, 7) is 11.5. The fourth-order valence-corrected chi connectivity index (χ4v) is 2.60. The SMILES string of the molecule is CC1(C)OB(c2ccc(P(C)(C)=O)nc2)OC1(C)C. The average Bonchev–Trinajstić information content (AvgIpc) is 2.47. The lowest BCUT2D eigenvalue weighted by molar-refractivity contribution is 0.00578. The zero-order valence-corrected chi connectivity index (χ0v) is 13.3. The summed E-state index contributed by atoms with van der Waals surface area (Å²) in [6, 6.07) is 3.67. The molecule has 0 N–H and O–H groups in total. The van der Waals surface area contributed by atoms with Crippen LogP contribution in [0.25, 0.3) is 0 Å². The van der Waals surface area contributed by atoms with Crippen molar-refractivity contribution in [3.63, 3.8) is 0 Å². The highest BCUT2D eigenvalue weighted by molar-refractivity contribution is 7.69. The molecule has 0 spiro atoms. The van der Waals surface area contributed by atoms with Gasteiger partial charge in [-0.1, -0.05) is 6.07 Å². The summed E-state index contributed by atoms with van der Waals surface area (Å²) in [5.74, 6) is 0. The topological polar surface area (TPSA) is 48.4 Å². The molecule has 6 heteroatoms. The first kappa shape index (κ1) is 14.8. The Morgan fingerprint density at radius 1 is 1.11 bits per heavy atom. The van der Waals surface area contributed by atoms with Gasteiger partial charge >= 0.3 is 7.12 Å². The minimum absolute atomic E-state index is 0.360. The van der Waals surface area contributed by atoms with Gasteiger partial charge in [-0.05, 0) is 47.1 Å². The van der Waals surface area contributed by atoms with Gasteiger partial charge in [0, 0.05) is 11.7 Å². The molecule has 1 aromatic heterocycles. The maximum atomic E-state index is 11.9. The third-order valence-corrected chi connectivity index (χ3v) is 5.22. The molecule has 1 aliphatic rings. The minimum atomic E-state index is -2.31. The summed E-state index contributed by atoms with van der Waals surface area (Å²) >= 11 is 0. The second kappa shape index (κ2) is 4.44. The number of rotatable bonds is 2. The minimum Gasteiger partial charge on any atom is -0.399 e. The number of hydrogen-bond acceptors (Lipinski definition) is 4. The van der Waals surface area contributed by atoms with Crippen molar-refractivity contribution in [2.45, 2.75) is 38.9 Å². The molecule has 0 aliphatic carbocycles. The van der Waals surface area contributed by atoms with Crippen LogP contribution in [0.15, 0.2) is 18.3 Å². The van der Waals surface area contributed by atoms with Gasteiger partial charge in [-0.15, -0.1) is 0 Å². The van der Waals surface area contributed by atoms with Crippen molar-refractivity contribution in [1.82, 2.24) is 4.98 Å². The molecule has 0 unspecified atom stereocenters. The third-order valence-electron chi connectivity index (χ3n) is 3.85. The molecule has 2 rings (SSSR count). The summed E-state index contributed by atoms with van der Waals surface area (Å²) in [6.07, 6.45) is 1.69. The Morgan fingerprint density at radius 3 is 2.00 bits per heavy atom. The molecule has 1 fully saturated rings. The Labute approximate surface area is 115 Å². The summed E-state index contributed by atoms with van der Waals surface area (Å²) in [5.41, 5.74) is 0.770. The molecule has 1 aromatic rings. The highest BCUT2D eigenvalue weighted by Gasteiger charge is 2.51. The highest BCUT2D eigenvalue weighted by Crippen LogP contribution is 2.36. The van der Waals surface area contributed by atoms with Gasteiger partial charge in [0.25, 0.3) is 0 Å². The maximum absolute atomic E-state index is 11.9. The van der Waals surface area contributed by atoms with Gasteiger partial charge in [-0.3, -0.25) is 4.98 Å². The van der Waals surface area contributed by atoms with E-state index in [4.69, 9.17) is 9.31 Å². The average molecular weight is 281 g/mol. The molecule has 2 heterocycles. The molecule has 0 amide bonds. The standard InChI is InChI=1S/C13H21BNO3P/c1-12(2)13(3,4)18-14(17-12)10-7-8-11(15-9-10)19(5,6)16/h7-9H,1-6H3. The van der Waals surface area contributed by atoms with Gasteiger partial charge in [0.15, 0.2) is 0 Å². The van der Waals surface area contributed by atoms with Crippen LogP contribution in [0.1, 0.15) is 27.7 Å². The van der Waals surface area contributed by atoms with Crippen molar-refractivity contribution in [2.24, 2.45) is 0 Å². The molecule has 0 saturated carbocycles. The highest BCUT2D eigenvalue weighted by atomic mass is 31.2. The van der Waals surface area contributed by atoms with Gasteiger partial charge in [-0.2, -0.15) is 0 Å².